The molecule has 7 nitrogen and oxygen atoms in total. The minimum absolute atomic E-state index is 0.0592. The molecule has 2 atom stereocenters. The number of hydrogen-bond acceptors (Lipinski definition) is 5. The van der Waals surface area contributed by atoms with Crippen molar-refractivity contribution in [2.45, 2.75) is 44.6 Å². The molecule has 1 aliphatic carbocycles. The van der Waals surface area contributed by atoms with Crippen LogP contribution in [0.5, 0.6) is 0 Å². The highest BCUT2D eigenvalue weighted by Gasteiger charge is 2.41. The van der Waals surface area contributed by atoms with E-state index in [1.54, 1.807) is 11.0 Å². The summed E-state index contributed by atoms with van der Waals surface area (Å²) in [4.78, 5) is 25.7. The molecule has 2 aromatic carbocycles. The lowest BCUT2D eigenvalue weighted by Crippen LogP contribution is -2.42. The number of piperidine rings is 1. The molecule has 1 aliphatic heterocycles. The van der Waals surface area contributed by atoms with Crippen LogP contribution >= 0.6 is 0 Å². The van der Waals surface area contributed by atoms with Crippen molar-refractivity contribution in [2.24, 2.45) is 0 Å². The molecular formula is C22H25N3O4. The first-order valence-electron chi connectivity index (χ1n) is 9.83. The zero-order valence-corrected chi connectivity index (χ0v) is 16.8. The van der Waals surface area contributed by atoms with E-state index >= 15 is 0 Å². The summed E-state index contributed by atoms with van der Waals surface area (Å²) in [6.45, 7) is 6.65. The second-order valence-corrected chi connectivity index (χ2v) is 8.76. The number of fused-ring (bicyclic) bond motifs is 5. The molecule has 4 rings (SSSR count). The number of hydrogen-bond donors (Lipinski definition) is 1. The van der Waals surface area contributed by atoms with Gasteiger partial charge in [-0.1, -0.05) is 18.2 Å². The Morgan fingerprint density at radius 2 is 1.76 bits per heavy atom. The molecule has 0 saturated carbocycles. The molecule has 0 radical (unpaired) electrons. The largest absolute Gasteiger partial charge is 0.444 e. The van der Waals surface area contributed by atoms with Crippen LogP contribution in [-0.2, 0) is 4.74 Å². The summed E-state index contributed by atoms with van der Waals surface area (Å²) >= 11 is 0. The molecular weight excluding hydrogens is 370 g/mol. The van der Waals surface area contributed by atoms with Gasteiger partial charge in [0.25, 0.3) is 5.69 Å². The van der Waals surface area contributed by atoms with E-state index < -0.39 is 5.60 Å². The number of ether oxygens (including phenoxy) is 1. The van der Waals surface area contributed by atoms with Gasteiger partial charge in [0.1, 0.15) is 11.3 Å². The molecule has 0 aromatic heterocycles. The van der Waals surface area contributed by atoms with Crippen molar-refractivity contribution in [3.05, 3.63) is 63.7 Å². The molecule has 2 aromatic rings. The standard InChI is InChI=1S/C22H25N3O4/c1-22(2,3)29-21(26)24-12-14-9-15(13-24)18-11-20(25(27)28)19(10-17(14)18)23-16-7-5-4-6-8-16/h4-8,10-11,14-15,23H,9,12-13H2,1-3H3. The van der Waals surface area contributed by atoms with Gasteiger partial charge in [-0.15, -0.1) is 0 Å². The fourth-order valence-electron chi connectivity index (χ4n) is 4.28. The fraction of sp³-hybridized carbons (Fsp3) is 0.409. The van der Waals surface area contributed by atoms with Crippen LogP contribution in [0.15, 0.2) is 42.5 Å². The molecule has 1 heterocycles. The third kappa shape index (κ3) is 3.90. The molecule has 2 bridgehead atoms. The number of carbonyl (C=O) groups is 1. The Labute approximate surface area is 169 Å². The number of nitrogens with one attached hydrogen (secondary N) is 1. The maximum absolute atomic E-state index is 12.6. The molecule has 1 amide bonds. The van der Waals surface area contributed by atoms with Gasteiger partial charge in [-0.3, -0.25) is 10.1 Å². The molecule has 2 aliphatic rings. The van der Waals surface area contributed by atoms with E-state index in [0.717, 1.165) is 23.2 Å². The van der Waals surface area contributed by atoms with E-state index in [1.165, 1.54) is 0 Å². The number of carbonyl (C=O) groups excluding carboxylic acids is 1. The second-order valence-electron chi connectivity index (χ2n) is 8.76. The van der Waals surface area contributed by atoms with Crippen LogP contribution < -0.4 is 5.32 Å². The van der Waals surface area contributed by atoms with Crippen LogP contribution in [0.4, 0.5) is 21.9 Å². The number of amides is 1. The van der Waals surface area contributed by atoms with E-state index in [9.17, 15) is 14.9 Å². The van der Waals surface area contributed by atoms with E-state index in [2.05, 4.69) is 5.32 Å². The molecule has 0 spiro atoms. The highest BCUT2D eigenvalue weighted by molar-refractivity contribution is 5.74. The minimum atomic E-state index is -0.550. The normalized spacial score (nSPS) is 20.2. The van der Waals surface area contributed by atoms with E-state index in [-0.39, 0.29) is 28.5 Å². The number of para-hydroxylation sites is 1. The average Bonchev–Trinajstić information content (AvgIpc) is 2.90. The number of anilines is 2. The Morgan fingerprint density at radius 1 is 1.14 bits per heavy atom. The number of rotatable bonds is 3. The molecule has 7 heteroatoms. The summed E-state index contributed by atoms with van der Waals surface area (Å²) < 4.78 is 5.53. The Bertz CT molecular complexity index is 953. The smallest absolute Gasteiger partial charge is 0.410 e. The number of benzene rings is 2. The molecule has 152 valence electrons. The van der Waals surface area contributed by atoms with Gasteiger partial charge >= 0.3 is 6.09 Å². The number of nitrogens with zero attached hydrogens (tertiary/aromatic N) is 2. The Kier molecular flexibility index (Phi) is 4.68. The van der Waals surface area contributed by atoms with Crippen molar-refractivity contribution in [1.82, 2.24) is 4.90 Å². The predicted octanol–water partition coefficient (Wildman–Crippen LogP) is 5.16. The van der Waals surface area contributed by atoms with Crippen molar-refractivity contribution in [2.75, 3.05) is 18.4 Å². The highest BCUT2D eigenvalue weighted by atomic mass is 16.6. The van der Waals surface area contributed by atoms with Gasteiger partial charge in [-0.05, 0) is 56.5 Å². The van der Waals surface area contributed by atoms with Crippen LogP contribution in [0.2, 0.25) is 0 Å². The summed E-state index contributed by atoms with van der Waals surface area (Å²) in [7, 11) is 0. The van der Waals surface area contributed by atoms with Gasteiger partial charge in [0.05, 0.1) is 4.92 Å². The fourth-order valence-corrected chi connectivity index (χ4v) is 4.28. The Hall–Kier alpha value is -3.09. The summed E-state index contributed by atoms with van der Waals surface area (Å²) in [5.74, 6) is 0.258. The van der Waals surface area contributed by atoms with Gasteiger partial charge in [-0.2, -0.15) is 0 Å². The predicted molar refractivity (Wildman–Crippen MR) is 111 cm³/mol. The number of likely N-dealkylation sites (tertiary alicyclic amines) is 1. The lowest BCUT2D eigenvalue weighted by Gasteiger charge is -2.33. The zero-order valence-electron chi connectivity index (χ0n) is 16.8. The third-order valence-electron chi connectivity index (χ3n) is 5.43. The first-order valence-corrected chi connectivity index (χ1v) is 9.83. The summed E-state index contributed by atoms with van der Waals surface area (Å²) in [5, 5.41) is 14.9. The second kappa shape index (κ2) is 7.06. The maximum Gasteiger partial charge on any atom is 0.410 e. The summed E-state index contributed by atoms with van der Waals surface area (Å²) in [5.41, 5.74) is 2.86. The van der Waals surface area contributed by atoms with Crippen molar-refractivity contribution in [3.8, 4) is 0 Å². The quantitative estimate of drug-likeness (QED) is 0.573. The SMILES string of the molecule is CC(C)(C)OC(=O)N1CC2CC(C1)c1cc([N+](=O)[O-])c(Nc3ccccc3)cc12. The number of nitro groups is 1. The van der Waals surface area contributed by atoms with Gasteiger partial charge in [0.15, 0.2) is 0 Å². The molecule has 1 N–H and O–H groups in total. The van der Waals surface area contributed by atoms with Crippen molar-refractivity contribution in [3.63, 3.8) is 0 Å². The lowest BCUT2D eigenvalue weighted by atomic mass is 9.96. The minimum Gasteiger partial charge on any atom is -0.444 e. The van der Waals surface area contributed by atoms with Gasteiger partial charge in [0, 0.05) is 36.7 Å². The van der Waals surface area contributed by atoms with E-state index in [1.807, 2.05) is 57.2 Å². The lowest BCUT2D eigenvalue weighted by molar-refractivity contribution is -0.384. The zero-order chi connectivity index (χ0) is 20.8. The Balaban J connectivity index is 1.64. The first kappa shape index (κ1) is 19.2. The van der Waals surface area contributed by atoms with Crippen LogP contribution in [0.25, 0.3) is 0 Å². The van der Waals surface area contributed by atoms with Crippen LogP contribution in [0.3, 0.4) is 0 Å². The maximum atomic E-state index is 12.6. The van der Waals surface area contributed by atoms with Crippen molar-refractivity contribution >= 4 is 23.2 Å². The van der Waals surface area contributed by atoms with Crippen LogP contribution in [-0.4, -0.2) is 34.6 Å². The van der Waals surface area contributed by atoms with Crippen molar-refractivity contribution in [1.29, 1.82) is 0 Å². The van der Waals surface area contributed by atoms with Gasteiger partial charge in [0.2, 0.25) is 0 Å². The van der Waals surface area contributed by atoms with E-state index in [4.69, 9.17) is 4.74 Å². The van der Waals surface area contributed by atoms with Crippen LogP contribution in [0, 0.1) is 10.1 Å². The first-order chi connectivity index (χ1) is 13.7. The number of nitro benzene ring substituents is 1. The van der Waals surface area contributed by atoms with E-state index in [0.29, 0.717) is 18.8 Å². The monoisotopic (exact) mass is 395 g/mol. The topological polar surface area (TPSA) is 84.7 Å². The summed E-state index contributed by atoms with van der Waals surface area (Å²) in [6.07, 6.45) is 0.581. The third-order valence-corrected chi connectivity index (χ3v) is 5.43. The molecule has 2 unspecified atom stereocenters. The summed E-state index contributed by atoms with van der Waals surface area (Å²) in [6, 6.07) is 13.0. The van der Waals surface area contributed by atoms with Crippen LogP contribution in [0.1, 0.15) is 50.2 Å². The highest BCUT2D eigenvalue weighted by Crippen LogP contribution is 2.49. The van der Waals surface area contributed by atoms with Gasteiger partial charge in [-0.25, -0.2) is 4.79 Å². The molecule has 29 heavy (non-hydrogen) atoms. The molecule has 1 fully saturated rings. The Morgan fingerprint density at radius 3 is 2.34 bits per heavy atom. The average molecular weight is 395 g/mol. The molecule has 1 saturated heterocycles. The van der Waals surface area contributed by atoms with Gasteiger partial charge < -0.3 is 15.0 Å². The van der Waals surface area contributed by atoms with Crippen molar-refractivity contribution < 1.29 is 14.5 Å².